The van der Waals surface area contributed by atoms with Crippen LogP contribution in [-0.2, 0) is 24.0 Å². The first-order chi connectivity index (χ1) is 10.0. The molecule has 0 aliphatic heterocycles. The normalized spacial score (nSPS) is 12.8. The molecular weight excluding hydrogens is 355 g/mol. The van der Waals surface area contributed by atoms with E-state index in [4.69, 9.17) is 0 Å². The molecule has 108 valence electrons. The summed E-state index contributed by atoms with van der Waals surface area (Å²) in [5.74, 6) is 0.0585. The summed E-state index contributed by atoms with van der Waals surface area (Å²) in [6.45, 7) is 0. The fourth-order valence-electron chi connectivity index (χ4n) is 2.14. The van der Waals surface area contributed by atoms with Gasteiger partial charge in [-0.1, -0.05) is 28.1 Å². The quantitative estimate of drug-likeness (QED) is 0.661. The highest BCUT2D eigenvalue weighted by Crippen LogP contribution is 2.22. The van der Waals surface area contributed by atoms with Crippen molar-refractivity contribution in [3.63, 3.8) is 0 Å². The van der Waals surface area contributed by atoms with E-state index in [0.29, 0.717) is 21.9 Å². The molecule has 1 atom stereocenters. The molecule has 1 heterocycles. The summed E-state index contributed by atoms with van der Waals surface area (Å²) in [5.41, 5.74) is 2.27. The largest absolute Gasteiger partial charge is 0.609 e. The zero-order valence-corrected chi connectivity index (χ0v) is 13.6. The highest BCUT2D eigenvalue weighted by Gasteiger charge is 2.20. The van der Waals surface area contributed by atoms with Crippen LogP contribution in [0.5, 0.6) is 0 Å². The summed E-state index contributed by atoms with van der Waals surface area (Å²) in [5, 5.41) is 0.457. The van der Waals surface area contributed by atoms with Crippen molar-refractivity contribution in [1.29, 1.82) is 0 Å². The molecule has 0 bridgehead atoms. The van der Waals surface area contributed by atoms with E-state index in [1.54, 1.807) is 17.7 Å². The lowest BCUT2D eigenvalue weighted by molar-refractivity contribution is 0.578. The predicted molar refractivity (Wildman–Crippen MR) is 84.9 cm³/mol. The Balaban J connectivity index is 1.92. The van der Waals surface area contributed by atoms with Gasteiger partial charge in [-0.2, -0.15) is 4.98 Å². The van der Waals surface area contributed by atoms with Crippen molar-refractivity contribution in [2.24, 2.45) is 7.05 Å². The number of aromatic nitrogens is 2. The van der Waals surface area contributed by atoms with Gasteiger partial charge in [-0.3, -0.25) is 4.57 Å². The first-order valence-corrected chi connectivity index (χ1v) is 8.40. The van der Waals surface area contributed by atoms with Gasteiger partial charge in [0, 0.05) is 28.3 Å². The van der Waals surface area contributed by atoms with Crippen LogP contribution in [0.15, 0.2) is 52.1 Å². The van der Waals surface area contributed by atoms with Crippen LogP contribution in [0.4, 0.5) is 4.39 Å². The van der Waals surface area contributed by atoms with Crippen molar-refractivity contribution < 1.29 is 8.94 Å². The van der Waals surface area contributed by atoms with E-state index < -0.39 is 11.2 Å². The highest BCUT2D eigenvalue weighted by atomic mass is 79.9. The van der Waals surface area contributed by atoms with Gasteiger partial charge in [0.25, 0.3) is 0 Å². The average Bonchev–Trinajstić information content (AvgIpc) is 2.79. The molecule has 0 aliphatic carbocycles. The minimum Gasteiger partial charge on any atom is -0.609 e. The van der Waals surface area contributed by atoms with Gasteiger partial charge in [0.15, 0.2) is 0 Å². The van der Waals surface area contributed by atoms with Gasteiger partial charge < -0.3 is 4.55 Å². The van der Waals surface area contributed by atoms with Crippen LogP contribution in [0, 0.1) is 5.82 Å². The standard InChI is InChI=1S/C15H12BrFN2OS/c1-19-14-8-12(17)6-7-13(14)18-15(19)21(20)9-10-2-4-11(16)5-3-10/h2-8H,9H2,1H3. The Kier molecular flexibility index (Phi) is 4.01. The van der Waals surface area contributed by atoms with E-state index in [0.717, 1.165) is 10.0 Å². The van der Waals surface area contributed by atoms with Crippen LogP contribution in [0.2, 0.25) is 0 Å². The number of aryl methyl sites for hydroxylation is 1. The smallest absolute Gasteiger partial charge is 0.324 e. The second-order valence-electron chi connectivity index (χ2n) is 4.70. The fraction of sp³-hybridized carbons (Fsp3) is 0.133. The van der Waals surface area contributed by atoms with Crippen LogP contribution in [0.1, 0.15) is 5.56 Å². The lowest BCUT2D eigenvalue weighted by atomic mass is 10.2. The summed E-state index contributed by atoms with van der Waals surface area (Å²) in [6, 6.07) is 12.0. The molecule has 0 fully saturated rings. The second kappa shape index (κ2) is 5.79. The molecule has 0 amide bonds. The predicted octanol–water partition coefficient (Wildman–Crippen LogP) is 3.78. The third-order valence-corrected chi connectivity index (χ3v) is 5.11. The van der Waals surface area contributed by atoms with Gasteiger partial charge in [-0.25, -0.2) is 4.39 Å². The maximum Gasteiger partial charge on any atom is 0.324 e. The van der Waals surface area contributed by atoms with Gasteiger partial charge in [0.2, 0.25) is 0 Å². The number of hydrogen-bond donors (Lipinski definition) is 0. The third-order valence-electron chi connectivity index (χ3n) is 3.22. The van der Waals surface area contributed by atoms with Gasteiger partial charge in [0.05, 0.1) is 11.0 Å². The molecule has 3 aromatic rings. The van der Waals surface area contributed by atoms with Crippen molar-refractivity contribution in [2.45, 2.75) is 10.9 Å². The number of nitrogens with zero attached hydrogens (tertiary/aromatic N) is 2. The number of rotatable bonds is 3. The summed E-state index contributed by atoms with van der Waals surface area (Å²) in [7, 11) is 1.75. The van der Waals surface area contributed by atoms with Crippen LogP contribution in [-0.4, -0.2) is 14.1 Å². The highest BCUT2D eigenvalue weighted by molar-refractivity contribution is 9.10. The molecule has 0 radical (unpaired) electrons. The van der Waals surface area contributed by atoms with Crippen LogP contribution in [0.3, 0.4) is 0 Å². The molecule has 0 saturated heterocycles. The molecule has 6 heteroatoms. The number of fused-ring (bicyclic) bond motifs is 1. The first kappa shape index (κ1) is 14.6. The summed E-state index contributed by atoms with van der Waals surface area (Å²) in [6.07, 6.45) is 0. The van der Waals surface area contributed by atoms with E-state index in [9.17, 15) is 8.94 Å². The minimum absolute atomic E-state index is 0.323. The lowest BCUT2D eigenvalue weighted by Crippen LogP contribution is -2.11. The molecule has 0 spiro atoms. The van der Waals surface area contributed by atoms with Gasteiger partial charge in [-0.15, -0.1) is 0 Å². The summed E-state index contributed by atoms with van der Waals surface area (Å²) < 4.78 is 28.5. The average molecular weight is 367 g/mol. The van der Waals surface area contributed by atoms with E-state index in [2.05, 4.69) is 20.9 Å². The number of imidazole rings is 1. The second-order valence-corrected chi connectivity index (χ2v) is 6.96. The van der Waals surface area contributed by atoms with Crippen molar-refractivity contribution >= 4 is 38.1 Å². The molecule has 3 nitrogen and oxygen atoms in total. The molecule has 2 aromatic carbocycles. The molecule has 3 rings (SSSR count). The van der Waals surface area contributed by atoms with Gasteiger partial charge >= 0.3 is 5.16 Å². The van der Waals surface area contributed by atoms with Crippen molar-refractivity contribution in [3.8, 4) is 0 Å². The van der Waals surface area contributed by atoms with E-state index >= 15 is 0 Å². The van der Waals surface area contributed by atoms with Gasteiger partial charge in [0.1, 0.15) is 11.6 Å². The molecule has 0 saturated carbocycles. The van der Waals surface area contributed by atoms with Gasteiger partial charge in [-0.05, 0) is 30.3 Å². The van der Waals surface area contributed by atoms with E-state index in [-0.39, 0.29) is 5.82 Å². The topological polar surface area (TPSA) is 40.9 Å². The third kappa shape index (κ3) is 2.97. The van der Waals surface area contributed by atoms with Crippen molar-refractivity contribution in [2.75, 3.05) is 0 Å². The lowest BCUT2D eigenvalue weighted by Gasteiger charge is -2.09. The summed E-state index contributed by atoms with van der Waals surface area (Å²) >= 11 is 2.09. The molecular formula is C15H12BrFN2OS. The number of hydrogen-bond acceptors (Lipinski definition) is 2. The van der Waals surface area contributed by atoms with Crippen molar-refractivity contribution in [1.82, 2.24) is 9.55 Å². The molecule has 1 aromatic heterocycles. The van der Waals surface area contributed by atoms with Crippen LogP contribution < -0.4 is 0 Å². The van der Waals surface area contributed by atoms with Crippen molar-refractivity contribution in [3.05, 3.63) is 58.3 Å². The molecule has 21 heavy (non-hydrogen) atoms. The van der Waals surface area contributed by atoms with E-state index in [1.807, 2.05) is 24.3 Å². The zero-order valence-electron chi connectivity index (χ0n) is 11.2. The Morgan fingerprint density at radius 2 is 1.95 bits per heavy atom. The Hall–Kier alpha value is -1.37. The Morgan fingerprint density at radius 3 is 2.67 bits per heavy atom. The molecule has 0 N–H and O–H groups in total. The fourth-order valence-corrected chi connectivity index (χ4v) is 3.63. The number of halogens is 2. The monoisotopic (exact) mass is 366 g/mol. The van der Waals surface area contributed by atoms with Crippen LogP contribution in [0.25, 0.3) is 11.0 Å². The van der Waals surface area contributed by atoms with Crippen LogP contribution >= 0.6 is 15.9 Å². The minimum atomic E-state index is -1.28. The molecule has 0 aliphatic rings. The maximum atomic E-state index is 13.3. The SMILES string of the molecule is Cn1c([S+]([O-])Cc2ccc(Br)cc2)nc2ccc(F)cc21. The maximum absolute atomic E-state index is 13.3. The Labute approximate surface area is 133 Å². The van der Waals surface area contributed by atoms with E-state index in [1.165, 1.54) is 12.1 Å². The first-order valence-electron chi connectivity index (χ1n) is 6.29. The number of benzene rings is 2. The Bertz CT molecular complexity index is 788. The molecule has 1 unspecified atom stereocenters. The zero-order chi connectivity index (χ0) is 15.0. The Morgan fingerprint density at radius 1 is 1.24 bits per heavy atom. The summed E-state index contributed by atoms with van der Waals surface area (Å²) in [4.78, 5) is 4.35.